The van der Waals surface area contributed by atoms with Crippen molar-refractivity contribution in [3.05, 3.63) is 35.1 Å². The molecular formula is C23H27NO7. The molecule has 1 amide bonds. The summed E-state index contributed by atoms with van der Waals surface area (Å²) in [5.74, 6) is -0.247. The minimum absolute atomic E-state index is 0.0282. The fourth-order valence-electron chi connectivity index (χ4n) is 6.15. The Morgan fingerprint density at radius 1 is 1.39 bits per heavy atom. The van der Waals surface area contributed by atoms with Gasteiger partial charge in [0.15, 0.2) is 17.6 Å². The van der Waals surface area contributed by atoms with E-state index >= 15 is 0 Å². The molecule has 0 saturated heterocycles. The molecule has 1 spiro atoms. The van der Waals surface area contributed by atoms with E-state index in [9.17, 15) is 24.9 Å². The monoisotopic (exact) mass is 429 g/mol. The highest BCUT2D eigenvalue weighted by Crippen LogP contribution is 2.67. The van der Waals surface area contributed by atoms with Crippen molar-refractivity contribution in [3.8, 4) is 11.5 Å². The maximum Gasteiger partial charge on any atom is 0.312 e. The van der Waals surface area contributed by atoms with Crippen molar-refractivity contribution in [2.24, 2.45) is 5.92 Å². The molecule has 166 valence electrons. The summed E-state index contributed by atoms with van der Waals surface area (Å²) < 4.78 is 11.9. The number of aromatic hydroxyl groups is 1. The van der Waals surface area contributed by atoms with Gasteiger partial charge in [-0.05, 0) is 56.2 Å². The number of hydrogen-bond donors (Lipinski definition) is 4. The van der Waals surface area contributed by atoms with Gasteiger partial charge in [-0.3, -0.25) is 9.59 Å². The molecule has 5 rings (SSSR count). The maximum absolute atomic E-state index is 12.5. The number of carbonyl (C=O) groups excluding carboxylic acids is 2. The molecule has 1 aromatic rings. The van der Waals surface area contributed by atoms with Crippen molar-refractivity contribution in [2.75, 3.05) is 6.54 Å². The van der Waals surface area contributed by atoms with E-state index in [4.69, 9.17) is 9.47 Å². The first-order chi connectivity index (χ1) is 14.8. The molecule has 4 aliphatic rings. The van der Waals surface area contributed by atoms with Gasteiger partial charge in [0, 0.05) is 12.1 Å². The Morgan fingerprint density at radius 3 is 2.97 bits per heavy atom. The van der Waals surface area contributed by atoms with Crippen LogP contribution in [0.2, 0.25) is 0 Å². The molecule has 31 heavy (non-hydrogen) atoms. The summed E-state index contributed by atoms with van der Waals surface area (Å²) >= 11 is 0. The van der Waals surface area contributed by atoms with E-state index in [1.165, 1.54) is 6.92 Å². The average Bonchev–Trinajstić information content (AvgIpc) is 3.07. The molecule has 1 fully saturated rings. The van der Waals surface area contributed by atoms with E-state index in [1.807, 2.05) is 6.07 Å². The Labute approximate surface area is 179 Å². The molecule has 3 aliphatic carbocycles. The van der Waals surface area contributed by atoms with E-state index in [2.05, 4.69) is 5.32 Å². The van der Waals surface area contributed by atoms with Crippen LogP contribution in [0.3, 0.4) is 0 Å². The second-order valence-corrected chi connectivity index (χ2v) is 9.14. The highest BCUT2D eigenvalue weighted by atomic mass is 16.6. The van der Waals surface area contributed by atoms with E-state index in [1.54, 1.807) is 12.1 Å². The lowest BCUT2D eigenvalue weighted by Crippen LogP contribution is -2.67. The summed E-state index contributed by atoms with van der Waals surface area (Å²) in [5.41, 5.74) is 0.186. The molecule has 8 heteroatoms. The zero-order chi connectivity index (χ0) is 22.0. The number of esters is 1. The summed E-state index contributed by atoms with van der Waals surface area (Å²) in [6.45, 7) is 1.39. The summed E-state index contributed by atoms with van der Waals surface area (Å²) in [5, 5.41) is 34.1. The van der Waals surface area contributed by atoms with Crippen molar-refractivity contribution < 1.29 is 34.4 Å². The molecular weight excluding hydrogens is 402 g/mol. The molecule has 1 aromatic carbocycles. The fourth-order valence-corrected chi connectivity index (χ4v) is 6.15. The van der Waals surface area contributed by atoms with Gasteiger partial charge in [0.2, 0.25) is 5.91 Å². The van der Waals surface area contributed by atoms with E-state index < -0.39 is 35.1 Å². The number of benzene rings is 1. The minimum Gasteiger partial charge on any atom is -0.504 e. The van der Waals surface area contributed by atoms with Gasteiger partial charge in [-0.1, -0.05) is 12.5 Å². The lowest BCUT2D eigenvalue weighted by atomic mass is 9.47. The predicted molar refractivity (Wildman–Crippen MR) is 108 cm³/mol. The second kappa shape index (κ2) is 6.97. The Morgan fingerprint density at radius 2 is 2.19 bits per heavy atom. The number of phenols is 1. The molecule has 1 heterocycles. The number of carbonyl (C=O) groups is 2. The highest BCUT2D eigenvalue weighted by molar-refractivity contribution is 5.80. The van der Waals surface area contributed by atoms with Crippen LogP contribution < -0.4 is 10.1 Å². The van der Waals surface area contributed by atoms with Gasteiger partial charge in [-0.15, -0.1) is 0 Å². The number of aliphatic hydroxyl groups is 2. The highest BCUT2D eigenvalue weighted by Gasteiger charge is 2.70. The van der Waals surface area contributed by atoms with E-state index in [0.717, 1.165) is 30.4 Å². The third-order valence-electron chi connectivity index (χ3n) is 7.50. The number of amides is 1. The topological polar surface area (TPSA) is 125 Å². The van der Waals surface area contributed by atoms with Crippen molar-refractivity contribution in [2.45, 2.75) is 68.7 Å². The van der Waals surface area contributed by atoms with Crippen molar-refractivity contribution in [3.63, 3.8) is 0 Å². The van der Waals surface area contributed by atoms with Crippen molar-refractivity contribution >= 4 is 11.9 Å². The smallest absolute Gasteiger partial charge is 0.312 e. The quantitative estimate of drug-likeness (QED) is 0.518. The summed E-state index contributed by atoms with van der Waals surface area (Å²) in [6, 6.07) is 3.54. The first kappa shape index (κ1) is 20.3. The fraction of sp³-hybridized carbons (Fsp3) is 0.565. The first-order valence-electron chi connectivity index (χ1n) is 10.9. The minimum atomic E-state index is -1.15. The van der Waals surface area contributed by atoms with E-state index in [-0.39, 0.29) is 24.6 Å². The third kappa shape index (κ3) is 2.74. The molecule has 2 unspecified atom stereocenters. The molecule has 4 N–H and O–H groups in total. The zero-order valence-corrected chi connectivity index (χ0v) is 17.4. The van der Waals surface area contributed by atoms with Crippen LogP contribution >= 0.6 is 0 Å². The molecule has 0 aromatic heterocycles. The average molecular weight is 429 g/mol. The molecule has 0 radical (unpaired) electrons. The maximum atomic E-state index is 12.5. The molecule has 5 atom stereocenters. The largest absolute Gasteiger partial charge is 0.504 e. The van der Waals surface area contributed by atoms with Crippen LogP contribution in [0.5, 0.6) is 11.5 Å². The standard InChI is InChI=1S/C23H27NO7/c1-12(25)21(28)24-10-7-17(27)30-16-6-9-23(29)14-3-2-8-22(23)18-13(11-14)4-5-15(26)19(18)31-20(16)22/h4-6,12,14,20,25-26,29H,2-3,7-11H2,1H3,(H,24,28)/t12-,14+,20?,22?,23+/m0/s1. The molecule has 2 bridgehead atoms. The predicted octanol–water partition coefficient (Wildman–Crippen LogP) is 1.20. The summed E-state index contributed by atoms with van der Waals surface area (Å²) in [7, 11) is 0. The van der Waals surface area contributed by atoms with Gasteiger partial charge in [0.05, 0.1) is 17.4 Å². The number of hydrogen-bond acceptors (Lipinski definition) is 7. The van der Waals surface area contributed by atoms with Gasteiger partial charge < -0.3 is 30.1 Å². The normalized spacial score (nSPS) is 32.9. The second-order valence-electron chi connectivity index (χ2n) is 9.14. The van der Waals surface area contributed by atoms with Crippen molar-refractivity contribution in [1.29, 1.82) is 0 Å². The zero-order valence-electron chi connectivity index (χ0n) is 17.4. The van der Waals surface area contributed by atoms with Crippen LogP contribution in [0.15, 0.2) is 24.0 Å². The lowest BCUT2D eigenvalue weighted by molar-refractivity contribution is -0.160. The molecule has 1 aliphatic heterocycles. The Balaban J connectivity index is 1.43. The summed E-state index contributed by atoms with van der Waals surface area (Å²) in [6.07, 6.45) is 3.47. The Bertz CT molecular complexity index is 986. The van der Waals surface area contributed by atoms with Crippen LogP contribution in [0, 0.1) is 5.92 Å². The molecule has 8 nitrogen and oxygen atoms in total. The van der Waals surface area contributed by atoms with Gasteiger partial charge >= 0.3 is 5.97 Å². The van der Waals surface area contributed by atoms with Gasteiger partial charge in [-0.2, -0.15) is 0 Å². The Kier molecular flexibility index (Phi) is 4.57. The number of ether oxygens (including phenoxy) is 2. The number of phenolic OH excluding ortho intramolecular Hbond substituents is 1. The summed E-state index contributed by atoms with van der Waals surface area (Å²) in [4.78, 5) is 23.9. The van der Waals surface area contributed by atoms with Gasteiger partial charge in [-0.25, -0.2) is 0 Å². The first-order valence-corrected chi connectivity index (χ1v) is 10.9. The van der Waals surface area contributed by atoms with Crippen LogP contribution in [0.4, 0.5) is 0 Å². The Hall–Kier alpha value is -2.58. The van der Waals surface area contributed by atoms with Crippen LogP contribution in [-0.2, 0) is 26.2 Å². The lowest BCUT2D eigenvalue weighted by Gasteiger charge is -2.59. The van der Waals surface area contributed by atoms with Crippen molar-refractivity contribution in [1.82, 2.24) is 5.32 Å². The SMILES string of the molecule is C[C@H](O)C(=O)NCCC(=O)OC1=CC[C@@]2(O)[C@@H]3CCCC24c2c(ccc(O)c2OC14)C3. The molecule has 1 saturated carbocycles. The van der Waals surface area contributed by atoms with E-state index in [0.29, 0.717) is 24.4 Å². The number of nitrogens with one attached hydrogen (secondary N) is 1. The third-order valence-corrected chi connectivity index (χ3v) is 7.50. The van der Waals surface area contributed by atoms with Gasteiger partial charge in [0.25, 0.3) is 0 Å². The van der Waals surface area contributed by atoms with Crippen LogP contribution in [0.1, 0.15) is 50.2 Å². The number of aliphatic hydroxyl groups excluding tert-OH is 1. The van der Waals surface area contributed by atoms with Crippen LogP contribution in [0.25, 0.3) is 0 Å². The van der Waals surface area contributed by atoms with Crippen LogP contribution in [-0.4, -0.2) is 51.5 Å². The number of rotatable bonds is 5. The van der Waals surface area contributed by atoms with Gasteiger partial charge in [0.1, 0.15) is 11.9 Å².